The number of rotatable bonds is 16. The van der Waals surface area contributed by atoms with Crippen LogP contribution in [0.5, 0.6) is 0 Å². The van der Waals surface area contributed by atoms with Crippen LogP contribution in [0.3, 0.4) is 0 Å². The Labute approximate surface area is 126 Å². The molecule has 0 aromatic rings. The van der Waals surface area contributed by atoms with E-state index < -0.39 is 6.17 Å². The lowest BCUT2D eigenvalue weighted by molar-refractivity contribution is 0.251. The average molecular weight is 288 g/mol. The maximum atomic E-state index is 13.4. The number of unbranched alkanes of at least 4 members (excludes halogenated alkanes) is 11. The molecular formula is C18H37FO. The van der Waals surface area contributed by atoms with E-state index in [-0.39, 0.29) is 6.61 Å². The molecule has 0 aromatic carbocycles. The molecule has 0 saturated heterocycles. The molecule has 1 atom stereocenters. The predicted octanol–water partition coefficient (Wildman–Crippen LogP) is 6.19. The highest BCUT2D eigenvalue weighted by atomic mass is 19.1. The van der Waals surface area contributed by atoms with Gasteiger partial charge < -0.3 is 5.11 Å². The SMILES string of the molecule is CCCCCCCCCCCCC[C@@H](F)CCCCO. The van der Waals surface area contributed by atoms with Crippen molar-refractivity contribution >= 4 is 0 Å². The molecular weight excluding hydrogens is 251 g/mol. The Balaban J connectivity index is 3.05. The van der Waals surface area contributed by atoms with E-state index in [1.165, 1.54) is 64.2 Å². The standard InChI is InChI=1S/C18H37FO/c1-2-3-4-5-6-7-8-9-10-11-12-15-18(19)16-13-14-17-20/h18,20H,2-17H2,1H3/t18-/m1/s1. The molecule has 0 fully saturated rings. The van der Waals surface area contributed by atoms with Gasteiger partial charge in [0, 0.05) is 6.61 Å². The number of aliphatic hydroxyl groups excluding tert-OH is 1. The van der Waals surface area contributed by atoms with Crippen molar-refractivity contribution in [2.75, 3.05) is 6.61 Å². The van der Waals surface area contributed by atoms with Crippen LogP contribution in [0, 0.1) is 0 Å². The maximum absolute atomic E-state index is 13.4. The van der Waals surface area contributed by atoms with E-state index in [0.717, 1.165) is 25.7 Å². The molecule has 0 amide bonds. The van der Waals surface area contributed by atoms with Crippen LogP contribution < -0.4 is 0 Å². The van der Waals surface area contributed by atoms with Crippen LogP contribution >= 0.6 is 0 Å². The summed E-state index contributed by atoms with van der Waals surface area (Å²) in [6.45, 7) is 2.46. The van der Waals surface area contributed by atoms with Crippen molar-refractivity contribution in [3.63, 3.8) is 0 Å². The van der Waals surface area contributed by atoms with E-state index in [2.05, 4.69) is 6.92 Å². The van der Waals surface area contributed by atoms with Gasteiger partial charge in [0.05, 0.1) is 0 Å². The summed E-state index contributed by atoms with van der Waals surface area (Å²) in [5, 5.41) is 8.63. The van der Waals surface area contributed by atoms with Crippen molar-refractivity contribution in [2.24, 2.45) is 0 Å². The van der Waals surface area contributed by atoms with Gasteiger partial charge in [0.25, 0.3) is 0 Å². The Morgan fingerprint density at radius 1 is 0.650 bits per heavy atom. The number of hydrogen-bond acceptors (Lipinski definition) is 1. The summed E-state index contributed by atoms with van der Waals surface area (Å²) in [4.78, 5) is 0. The summed E-state index contributed by atoms with van der Waals surface area (Å²) in [7, 11) is 0. The Morgan fingerprint density at radius 2 is 1.05 bits per heavy atom. The highest BCUT2D eigenvalue weighted by molar-refractivity contribution is 4.57. The molecule has 1 nitrogen and oxygen atoms in total. The highest BCUT2D eigenvalue weighted by Gasteiger charge is 2.05. The molecule has 0 aliphatic heterocycles. The lowest BCUT2D eigenvalue weighted by Gasteiger charge is -2.07. The van der Waals surface area contributed by atoms with Crippen LogP contribution in [0.1, 0.15) is 103 Å². The molecule has 0 aliphatic carbocycles. The minimum absolute atomic E-state index is 0.200. The predicted molar refractivity (Wildman–Crippen MR) is 86.9 cm³/mol. The molecule has 0 unspecified atom stereocenters. The molecule has 0 aromatic heterocycles. The van der Waals surface area contributed by atoms with E-state index in [1.54, 1.807) is 0 Å². The van der Waals surface area contributed by atoms with Crippen LogP contribution in [0.25, 0.3) is 0 Å². The third kappa shape index (κ3) is 15.9. The summed E-state index contributed by atoms with van der Waals surface area (Å²) in [6.07, 6.45) is 16.8. The summed E-state index contributed by atoms with van der Waals surface area (Å²) in [5.41, 5.74) is 0. The number of hydrogen-bond donors (Lipinski definition) is 1. The summed E-state index contributed by atoms with van der Waals surface area (Å²) in [5.74, 6) is 0. The lowest BCUT2D eigenvalue weighted by Crippen LogP contribution is -2.00. The minimum Gasteiger partial charge on any atom is -0.396 e. The Kier molecular flexibility index (Phi) is 16.8. The zero-order chi connectivity index (χ0) is 14.9. The second-order valence-corrected chi connectivity index (χ2v) is 6.14. The van der Waals surface area contributed by atoms with Gasteiger partial charge in [-0.15, -0.1) is 0 Å². The summed E-state index contributed by atoms with van der Waals surface area (Å²) in [6, 6.07) is 0. The molecule has 0 aliphatic rings. The van der Waals surface area contributed by atoms with Gasteiger partial charge in [-0.1, -0.05) is 77.6 Å². The maximum Gasteiger partial charge on any atom is 0.100 e. The Hall–Kier alpha value is -0.110. The zero-order valence-corrected chi connectivity index (χ0v) is 13.7. The Morgan fingerprint density at radius 3 is 1.50 bits per heavy atom. The van der Waals surface area contributed by atoms with Crippen LogP contribution in [0.4, 0.5) is 4.39 Å². The largest absolute Gasteiger partial charge is 0.396 e. The average Bonchev–Trinajstić information content (AvgIpc) is 2.45. The van der Waals surface area contributed by atoms with Crippen molar-refractivity contribution in [2.45, 2.75) is 109 Å². The first-order valence-electron chi connectivity index (χ1n) is 9.06. The van der Waals surface area contributed by atoms with Gasteiger partial charge in [0.2, 0.25) is 0 Å². The van der Waals surface area contributed by atoms with Crippen molar-refractivity contribution in [1.82, 2.24) is 0 Å². The first-order chi connectivity index (χ1) is 9.81. The third-order valence-electron chi connectivity index (χ3n) is 4.05. The number of halogens is 1. The van der Waals surface area contributed by atoms with E-state index in [4.69, 9.17) is 5.11 Å². The van der Waals surface area contributed by atoms with Gasteiger partial charge >= 0.3 is 0 Å². The molecule has 1 N–H and O–H groups in total. The number of aliphatic hydroxyl groups is 1. The van der Waals surface area contributed by atoms with Crippen molar-refractivity contribution in [1.29, 1.82) is 0 Å². The topological polar surface area (TPSA) is 20.2 Å². The molecule has 0 bridgehead atoms. The van der Waals surface area contributed by atoms with Crippen LogP contribution in [0.2, 0.25) is 0 Å². The van der Waals surface area contributed by atoms with Crippen LogP contribution in [-0.4, -0.2) is 17.9 Å². The van der Waals surface area contributed by atoms with E-state index >= 15 is 0 Å². The smallest absolute Gasteiger partial charge is 0.100 e. The van der Waals surface area contributed by atoms with E-state index in [9.17, 15) is 4.39 Å². The van der Waals surface area contributed by atoms with E-state index in [0.29, 0.717) is 6.42 Å². The molecule has 0 heterocycles. The van der Waals surface area contributed by atoms with Crippen LogP contribution in [-0.2, 0) is 0 Å². The van der Waals surface area contributed by atoms with Gasteiger partial charge in [-0.05, 0) is 25.7 Å². The second kappa shape index (κ2) is 16.9. The molecule has 2 heteroatoms. The first kappa shape index (κ1) is 19.9. The van der Waals surface area contributed by atoms with Gasteiger partial charge in [-0.3, -0.25) is 0 Å². The van der Waals surface area contributed by atoms with Crippen molar-refractivity contribution in [3.8, 4) is 0 Å². The monoisotopic (exact) mass is 288 g/mol. The molecule has 122 valence electrons. The summed E-state index contributed by atoms with van der Waals surface area (Å²) < 4.78 is 13.4. The van der Waals surface area contributed by atoms with Gasteiger partial charge in [0.15, 0.2) is 0 Å². The number of alkyl halides is 1. The van der Waals surface area contributed by atoms with Crippen molar-refractivity contribution in [3.05, 3.63) is 0 Å². The second-order valence-electron chi connectivity index (χ2n) is 6.14. The zero-order valence-electron chi connectivity index (χ0n) is 13.7. The normalized spacial score (nSPS) is 12.8. The summed E-state index contributed by atoms with van der Waals surface area (Å²) >= 11 is 0. The quantitative estimate of drug-likeness (QED) is 0.336. The van der Waals surface area contributed by atoms with Crippen LogP contribution in [0.15, 0.2) is 0 Å². The van der Waals surface area contributed by atoms with Crippen molar-refractivity contribution < 1.29 is 9.50 Å². The lowest BCUT2D eigenvalue weighted by atomic mass is 10.0. The molecule has 0 spiro atoms. The molecule has 0 saturated carbocycles. The first-order valence-corrected chi connectivity index (χ1v) is 9.06. The highest BCUT2D eigenvalue weighted by Crippen LogP contribution is 2.15. The third-order valence-corrected chi connectivity index (χ3v) is 4.05. The fraction of sp³-hybridized carbons (Fsp3) is 1.00. The fourth-order valence-electron chi connectivity index (χ4n) is 2.65. The Bertz CT molecular complexity index is 173. The fourth-order valence-corrected chi connectivity index (χ4v) is 2.65. The van der Waals surface area contributed by atoms with Gasteiger partial charge in [-0.2, -0.15) is 0 Å². The molecule has 0 rings (SSSR count). The molecule has 20 heavy (non-hydrogen) atoms. The minimum atomic E-state index is -0.639. The van der Waals surface area contributed by atoms with E-state index in [1.807, 2.05) is 0 Å². The van der Waals surface area contributed by atoms with Gasteiger partial charge in [-0.25, -0.2) is 4.39 Å². The molecule has 0 radical (unpaired) electrons. The van der Waals surface area contributed by atoms with Gasteiger partial charge in [0.1, 0.15) is 6.17 Å².